The van der Waals surface area contributed by atoms with E-state index < -0.39 is 9.84 Å². The number of rotatable bonds is 7. The number of sulfone groups is 1. The third-order valence-corrected chi connectivity index (χ3v) is 6.65. The predicted molar refractivity (Wildman–Crippen MR) is 104 cm³/mol. The van der Waals surface area contributed by atoms with Gasteiger partial charge in [-0.1, -0.05) is 48.5 Å². The van der Waals surface area contributed by atoms with Crippen molar-refractivity contribution in [3.63, 3.8) is 0 Å². The highest BCUT2D eigenvalue weighted by Gasteiger charge is 2.16. The van der Waals surface area contributed by atoms with Crippen molar-refractivity contribution >= 4 is 9.84 Å². The van der Waals surface area contributed by atoms with Crippen molar-refractivity contribution < 1.29 is 12.8 Å². The number of aryl methyl sites for hydroxylation is 2. The Balaban J connectivity index is 1.58. The fraction of sp³-hybridized carbons (Fsp3) is 0.286. The average Bonchev–Trinajstić information content (AvgIpc) is 3.16. The molecule has 0 fully saturated rings. The summed E-state index contributed by atoms with van der Waals surface area (Å²) < 4.78 is 29.3. The van der Waals surface area contributed by atoms with Gasteiger partial charge in [0.05, 0.1) is 17.2 Å². The van der Waals surface area contributed by atoms with E-state index in [1.54, 1.807) is 20.0 Å². The molecule has 0 radical (unpaired) electrons. The first-order valence-electron chi connectivity index (χ1n) is 8.71. The van der Waals surface area contributed by atoms with Gasteiger partial charge in [-0.25, -0.2) is 13.4 Å². The monoisotopic (exact) mass is 369 g/mol. The molecule has 0 N–H and O–H groups in total. The largest absolute Gasteiger partial charge is 0.444 e. The minimum atomic E-state index is -3.05. The van der Waals surface area contributed by atoms with Crippen molar-refractivity contribution in [3.05, 3.63) is 77.8 Å². The zero-order valence-corrected chi connectivity index (χ0v) is 15.9. The maximum Gasteiger partial charge on any atom is 0.181 e. The molecule has 0 aliphatic heterocycles. The maximum absolute atomic E-state index is 12.0. The Kier molecular flexibility index (Phi) is 5.57. The fourth-order valence-corrected chi connectivity index (χ4v) is 3.67. The molecule has 0 unspecified atom stereocenters. The van der Waals surface area contributed by atoms with E-state index in [1.165, 1.54) is 17.5 Å². The fourth-order valence-electron chi connectivity index (χ4n) is 2.68. The van der Waals surface area contributed by atoms with E-state index >= 15 is 0 Å². The van der Waals surface area contributed by atoms with Gasteiger partial charge in [0.1, 0.15) is 0 Å². The Hall–Kier alpha value is -2.40. The van der Waals surface area contributed by atoms with Gasteiger partial charge >= 0.3 is 0 Å². The van der Waals surface area contributed by atoms with Crippen LogP contribution in [0.4, 0.5) is 0 Å². The number of benzene rings is 2. The van der Waals surface area contributed by atoms with Crippen LogP contribution in [0.2, 0.25) is 0 Å². The number of nitrogens with zero attached hydrogens (tertiary/aromatic N) is 1. The van der Waals surface area contributed by atoms with Crippen LogP contribution in [0.3, 0.4) is 0 Å². The van der Waals surface area contributed by atoms with E-state index in [0.29, 0.717) is 0 Å². The third kappa shape index (κ3) is 4.61. The van der Waals surface area contributed by atoms with Crippen molar-refractivity contribution in [2.75, 3.05) is 0 Å². The molecule has 3 aromatic rings. The van der Waals surface area contributed by atoms with Gasteiger partial charge in [0.15, 0.2) is 22.0 Å². The summed E-state index contributed by atoms with van der Waals surface area (Å²) in [5.74, 6) is 0.872. The predicted octanol–water partition coefficient (Wildman–Crippen LogP) is 4.45. The molecule has 0 saturated carbocycles. The molecule has 0 amide bonds. The number of aromatic nitrogens is 1. The lowest BCUT2D eigenvalue weighted by Gasteiger charge is -2.08. The van der Waals surface area contributed by atoms with E-state index in [4.69, 9.17) is 4.42 Å². The molecule has 26 heavy (non-hydrogen) atoms. The highest BCUT2D eigenvalue weighted by atomic mass is 32.2. The molecule has 136 valence electrons. The van der Waals surface area contributed by atoms with Crippen molar-refractivity contribution in [2.45, 2.75) is 37.7 Å². The Morgan fingerprint density at radius 1 is 0.885 bits per heavy atom. The Morgan fingerprint density at radius 3 is 1.92 bits per heavy atom. The molecule has 3 rings (SSSR count). The van der Waals surface area contributed by atoms with Gasteiger partial charge in [-0.2, -0.15) is 0 Å². The second kappa shape index (κ2) is 7.87. The summed E-state index contributed by atoms with van der Waals surface area (Å²) in [6.07, 6.45) is 4.98. The van der Waals surface area contributed by atoms with Crippen LogP contribution in [0.15, 0.2) is 65.5 Å². The van der Waals surface area contributed by atoms with Gasteiger partial charge < -0.3 is 4.42 Å². The van der Waals surface area contributed by atoms with Crippen molar-refractivity contribution in [3.8, 4) is 11.3 Å². The summed E-state index contributed by atoms with van der Waals surface area (Å²) in [5, 5.41) is -0.345. The van der Waals surface area contributed by atoms with Crippen molar-refractivity contribution in [2.24, 2.45) is 0 Å². The lowest BCUT2D eigenvalue weighted by molar-refractivity contribution is 0.572. The number of hydrogen-bond donors (Lipinski definition) is 0. The molecule has 0 bridgehead atoms. The molecule has 5 heteroatoms. The Bertz CT molecular complexity index is 926. The summed E-state index contributed by atoms with van der Waals surface area (Å²) in [5.41, 5.74) is 4.32. The second-order valence-electron chi connectivity index (χ2n) is 6.74. The summed E-state index contributed by atoms with van der Waals surface area (Å²) in [4.78, 5) is 3.93. The van der Waals surface area contributed by atoms with E-state index in [9.17, 15) is 8.42 Å². The molecule has 1 aromatic heterocycles. The topological polar surface area (TPSA) is 60.2 Å². The van der Waals surface area contributed by atoms with Crippen LogP contribution in [-0.2, 0) is 28.4 Å². The molecule has 0 aliphatic carbocycles. The number of hydrogen-bond acceptors (Lipinski definition) is 4. The highest BCUT2D eigenvalue weighted by molar-refractivity contribution is 7.91. The van der Waals surface area contributed by atoms with Crippen LogP contribution < -0.4 is 0 Å². The van der Waals surface area contributed by atoms with Crippen LogP contribution in [0.1, 0.15) is 30.5 Å². The maximum atomic E-state index is 12.0. The van der Waals surface area contributed by atoms with Gasteiger partial charge in [0, 0.05) is 5.56 Å². The molecule has 0 atom stereocenters. The molecule has 2 aromatic carbocycles. The van der Waals surface area contributed by atoms with E-state index in [-0.39, 0.29) is 11.0 Å². The first-order valence-corrected chi connectivity index (χ1v) is 10.4. The van der Waals surface area contributed by atoms with E-state index in [0.717, 1.165) is 29.7 Å². The molecule has 4 nitrogen and oxygen atoms in total. The molecule has 0 spiro atoms. The Morgan fingerprint density at radius 2 is 1.42 bits per heavy atom. The van der Waals surface area contributed by atoms with Gasteiger partial charge in [-0.15, -0.1) is 0 Å². The lowest BCUT2D eigenvalue weighted by Crippen LogP contribution is -2.15. The van der Waals surface area contributed by atoms with Crippen LogP contribution in [0.25, 0.3) is 11.3 Å². The standard InChI is InChI=1S/C21H23NO3S/c1-16(2)26(23,24)14-19-7-5-17(6-8-19)3-4-18-9-11-20(12-10-18)21-13-22-15-25-21/h5-13,15-16H,3-4,14H2,1-2H3. The third-order valence-electron chi connectivity index (χ3n) is 4.48. The highest BCUT2D eigenvalue weighted by Crippen LogP contribution is 2.20. The summed E-state index contributed by atoms with van der Waals surface area (Å²) in [6.45, 7) is 3.44. The first kappa shape index (κ1) is 18.4. The SMILES string of the molecule is CC(C)S(=O)(=O)Cc1ccc(CCc2ccc(-c3cnco3)cc2)cc1. The molecule has 1 heterocycles. The summed E-state index contributed by atoms with van der Waals surface area (Å²) in [6, 6.07) is 16.2. The minimum absolute atomic E-state index is 0.105. The average molecular weight is 369 g/mol. The van der Waals surface area contributed by atoms with Crippen LogP contribution >= 0.6 is 0 Å². The van der Waals surface area contributed by atoms with Gasteiger partial charge in [0.2, 0.25) is 0 Å². The molecule has 0 aliphatic rings. The Labute approximate surface area is 154 Å². The number of oxazole rings is 1. The second-order valence-corrected chi connectivity index (χ2v) is 9.29. The van der Waals surface area contributed by atoms with Gasteiger partial charge in [-0.3, -0.25) is 0 Å². The van der Waals surface area contributed by atoms with Crippen LogP contribution in [0.5, 0.6) is 0 Å². The minimum Gasteiger partial charge on any atom is -0.444 e. The van der Waals surface area contributed by atoms with Crippen LogP contribution in [0, 0.1) is 0 Å². The van der Waals surface area contributed by atoms with Gasteiger partial charge in [0.25, 0.3) is 0 Å². The van der Waals surface area contributed by atoms with Crippen LogP contribution in [-0.4, -0.2) is 18.7 Å². The summed E-state index contributed by atoms with van der Waals surface area (Å²) >= 11 is 0. The normalized spacial score (nSPS) is 11.8. The van der Waals surface area contributed by atoms with E-state index in [2.05, 4.69) is 17.1 Å². The molecular weight excluding hydrogens is 346 g/mol. The van der Waals surface area contributed by atoms with Gasteiger partial charge in [-0.05, 0) is 43.4 Å². The molecule has 0 saturated heterocycles. The zero-order valence-electron chi connectivity index (χ0n) is 15.1. The van der Waals surface area contributed by atoms with Crippen molar-refractivity contribution in [1.29, 1.82) is 0 Å². The van der Waals surface area contributed by atoms with E-state index in [1.807, 2.05) is 36.4 Å². The lowest BCUT2D eigenvalue weighted by atomic mass is 10.0. The summed E-state index contributed by atoms with van der Waals surface area (Å²) in [7, 11) is -3.05. The first-order chi connectivity index (χ1) is 12.4. The quantitative estimate of drug-likeness (QED) is 0.617. The molecular formula is C21H23NO3S. The smallest absolute Gasteiger partial charge is 0.181 e. The zero-order chi connectivity index (χ0) is 18.6. The van der Waals surface area contributed by atoms with Crippen molar-refractivity contribution in [1.82, 2.24) is 4.98 Å².